The number of hydrogen-bond acceptors (Lipinski definition) is 6. The van der Waals surface area contributed by atoms with Crippen LogP contribution in [-0.2, 0) is 10.0 Å². The van der Waals surface area contributed by atoms with Gasteiger partial charge in [-0.1, -0.05) is 0 Å². The summed E-state index contributed by atoms with van der Waals surface area (Å²) in [5, 5.41) is 14.7. The Hall–Kier alpha value is -0.120. The van der Waals surface area contributed by atoms with Crippen LogP contribution in [0.4, 0.5) is 0 Å². The monoisotopic (exact) mass is 309 g/mol. The van der Waals surface area contributed by atoms with Crippen molar-refractivity contribution in [2.45, 2.75) is 14.8 Å². The van der Waals surface area contributed by atoms with Crippen molar-refractivity contribution in [2.75, 3.05) is 12.4 Å². The molecule has 8 heteroatoms. The third-order valence-corrected chi connectivity index (χ3v) is 7.10. The molecule has 2 heterocycles. The number of aliphatic hydroxyl groups is 1. The topological polar surface area (TPSA) is 80.4 Å². The van der Waals surface area contributed by atoms with Gasteiger partial charge in [0.2, 0.25) is 10.0 Å². The van der Waals surface area contributed by atoms with Crippen LogP contribution in [0.1, 0.15) is 6.42 Å². The molecule has 94 valence electrons. The standard InChI is InChI=1S/C9H11NO3S4/c10-17(12,13)8-5-6-4-7(14-3-1-2-11)15-9(6)16-8/h4-5,11H,1-3H2,(H2,10,12,13). The lowest BCUT2D eigenvalue weighted by atomic mass is 10.4. The molecule has 0 unspecified atom stereocenters. The Morgan fingerprint density at radius 1 is 1.35 bits per heavy atom. The highest BCUT2D eigenvalue weighted by Gasteiger charge is 2.14. The Morgan fingerprint density at radius 3 is 2.71 bits per heavy atom. The molecule has 0 bridgehead atoms. The average molecular weight is 309 g/mol. The van der Waals surface area contributed by atoms with Crippen molar-refractivity contribution in [3.63, 3.8) is 0 Å². The summed E-state index contributed by atoms with van der Waals surface area (Å²) < 4.78 is 24.6. The SMILES string of the molecule is NS(=O)(=O)c1cc2cc(SCCCO)sc2s1. The molecule has 0 aliphatic heterocycles. The zero-order valence-electron chi connectivity index (χ0n) is 8.75. The summed E-state index contributed by atoms with van der Waals surface area (Å²) in [6.45, 7) is 0.197. The van der Waals surface area contributed by atoms with Crippen molar-refractivity contribution in [1.82, 2.24) is 0 Å². The molecule has 17 heavy (non-hydrogen) atoms. The summed E-state index contributed by atoms with van der Waals surface area (Å²) in [6.07, 6.45) is 0.763. The Kier molecular flexibility index (Phi) is 4.11. The largest absolute Gasteiger partial charge is 0.396 e. The van der Waals surface area contributed by atoms with E-state index in [0.717, 1.165) is 25.8 Å². The second-order valence-corrected chi connectivity index (χ2v) is 8.89. The summed E-state index contributed by atoms with van der Waals surface area (Å²) in [5.74, 6) is 0.867. The molecule has 0 aliphatic carbocycles. The Balaban J connectivity index is 2.20. The number of primary sulfonamides is 1. The fourth-order valence-corrected chi connectivity index (χ4v) is 5.90. The number of rotatable bonds is 5. The van der Waals surface area contributed by atoms with Crippen LogP contribution < -0.4 is 5.14 Å². The smallest absolute Gasteiger partial charge is 0.247 e. The third kappa shape index (κ3) is 3.21. The minimum atomic E-state index is -3.58. The first-order valence-electron chi connectivity index (χ1n) is 4.80. The Labute approximate surface area is 112 Å². The molecule has 2 aromatic rings. The molecule has 3 N–H and O–H groups in total. The van der Waals surface area contributed by atoms with Crippen molar-refractivity contribution in [2.24, 2.45) is 5.14 Å². The van der Waals surface area contributed by atoms with Crippen LogP contribution in [0.15, 0.2) is 20.6 Å². The van der Waals surface area contributed by atoms with Crippen LogP contribution in [0.3, 0.4) is 0 Å². The zero-order chi connectivity index (χ0) is 12.5. The third-order valence-electron chi connectivity index (χ3n) is 2.00. The quantitative estimate of drug-likeness (QED) is 0.654. The van der Waals surface area contributed by atoms with Gasteiger partial charge in [-0.3, -0.25) is 0 Å². The summed E-state index contributed by atoms with van der Waals surface area (Å²) in [7, 11) is -3.58. The average Bonchev–Trinajstić information content (AvgIpc) is 2.74. The van der Waals surface area contributed by atoms with Gasteiger partial charge in [-0.25, -0.2) is 13.6 Å². The first-order chi connectivity index (χ1) is 8.00. The van der Waals surface area contributed by atoms with Gasteiger partial charge in [0.05, 0.1) is 8.22 Å². The molecule has 4 nitrogen and oxygen atoms in total. The van der Waals surface area contributed by atoms with Gasteiger partial charge in [0, 0.05) is 17.7 Å². The lowest BCUT2D eigenvalue weighted by molar-refractivity contribution is 0.296. The van der Waals surface area contributed by atoms with E-state index in [0.29, 0.717) is 0 Å². The molecule has 0 aromatic carbocycles. The lowest BCUT2D eigenvalue weighted by Crippen LogP contribution is -2.09. The first-order valence-corrected chi connectivity index (χ1v) is 8.97. The highest BCUT2D eigenvalue weighted by Crippen LogP contribution is 2.39. The van der Waals surface area contributed by atoms with Crippen molar-refractivity contribution >= 4 is 53.9 Å². The first kappa shape index (κ1) is 13.3. The fourth-order valence-electron chi connectivity index (χ4n) is 1.24. The van der Waals surface area contributed by atoms with E-state index < -0.39 is 10.0 Å². The predicted octanol–water partition coefficient (Wildman–Crippen LogP) is 2.08. The lowest BCUT2D eigenvalue weighted by Gasteiger charge is -1.94. The molecule has 2 aromatic heterocycles. The molecule has 0 atom stereocenters. The maximum Gasteiger partial charge on any atom is 0.247 e. The fraction of sp³-hybridized carbons (Fsp3) is 0.333. The maximum atomic E-state index is 11.2. The van der Waals surface area contributed by atoms with Gasteiger partial charge < -0.3 is 5.11 Å². The Morgan fingerprint density at radius 2 is 2.12 bits per heavy atom. The van der Waals surface area contributed by atoms with Crippen molar-refractivity contribution in [3.8, 4) is 0 Å². The van der Waals surface area contributed by atoms with Crippen molar-refractivity contribution in [1.29, 1.82) is 0 Å². The van der Waals surface area contributed by atoms with Crippen molar-refractivity contribution < 1.29 is 13.5 Å². The van der Waals surface area contributed by atoms with Gasteiger partial charge in [-0.15, -0.1) is 34.4 Å². The molecular formula is C9H11NO3S4. The summed E-state index contributed by atoms with van der Waals surface area (Å²) in [6, 6.07) is 3.58. The minimum Gasteiger partial charge on any atom is -0.396 e. The van der Waals surface area contributed by atoms with Gasteiger partial charge in [0.25, 0.3) is 0 Å². The molecule has 0 amide bonds. The number of thiophene rings is 2. The van der Waals surface area contributed by atoms with E-state index in [4.69, 9.17) is 10.2 Å². The summed E-state index contributed by atoms with van der Waals surface area (Å²) in [4.78, 5) is 0. The highest BCUT2D eigenvalue weighted by molar-refractivity contribution is 8.01. The second-order valence-electron chi connectivity index (χ2n) is 3.34. The van der Waals surface area contributed by atoms with Gasteiger partial charge in [0.1, 0.15) is 4.21 Å². The number of aliphatic hydroxyl groups excluding tert-OH is 1. The van der Waals surface area contributed by atoms with Crippen molar-refractivity contribution in [3.05, 3.63) is 12.1 Å². The van der Waals surface area contributed by atoms with E-state index >= 15 is 0 Å². The predicted molar refractivity (Wildman–Crippen MR) is 73.5 cm³/mol. The van der Waals surface area contributed by atoms with E-state index in [9.17, 15) is 8.42 Å². The van der Waals surface area contributed by atoms with E-state index in [1.807, 2.05) is 6.07 Å². The molecular weight excluding hydrogens is 298 g/mol. The van der Waals surface area contributed by atoms with Gasteiger partial charge >= 0.3 is 0 Å². The number of fused-ring (bicyclic) bond motifs is 1. The normalized spacial score (nSPS) is 12.4. The number of thioether (sulfide) groups is 1. The Bertz CT molecular complexity index is 582. The molecule has 0 radical (unpaired) electrons. The van der Waals surface area contributed by atoms with E-state index in [1.54, 1.807) is 29.2 Å². The van der Waals surface area contributed by atoms with Crippen LogP contribution in [-0.4, -0.2) is 25.9 Å². The van der Waals surface area contributed by atoms with Gasteiger partial charge in [-0.2, -0.15) is 0 Å². The molecule has 0 saturated carbocycles. The number of nitrogens with two attached hydrogens (primary N) is 1. The van der Waals surface area contributed by atoms with E-state index in [1.165, 1.54) is 11.3 Å². The minimum absolute atomic E-state index is 0.197. The molecule has 0 fully saturated rings. The number of sulfonamides is 1. The maximum absolute atomic E-state index is 11.2. The van der Waals surface area contributed by atoms with Gasteiger partial charge in [-0.05, 0) is 18.6 Å². The summed E-state index contributed by atoms with van der Waals surface area (Å²) >= 11 is 4.44. The molecule has 2 rings (SSSR count). The molecule has 0 saturated heterocycles. The van der Waals surface area contributed by atoms with Gasteiger partial charge in [0.15, 0.2) is 0 Å². The van der Waals surface area contributed by atoms with Crippen LogP contribution in [0.5, 0.6) is 0 Å². The number of hydrogen-bond donors (Lipinski definition) is 2. The van der Waals surface area contributed by atoms with Crippen LogP contribution in [0.25, 0.3) is 9.40 Å². The highest BCUT2D eigenvalue weighted by atomic mass is 32.3. The van der Waals surface area contributed by atoms with E-state index in [2.05, 4.69) is 0 Å². The molecule has 0 spiro atoms. The van der Waals surface area contributed by atoms with Crippen LogP contribution in [0, 0.1) is 0 Å². The van der Waals surface area contributed by atoms with E-state index in [-0.39, 0.29) is 10.8 Å². The van der Waals surface area contributed by atoms with Crippen LogP contribution in [0.2, 0.25) is 0 Å². The molecule has 0 aliphatic rings. The second kappa shape index (κ2) is 5.25. The zero-order valence-corrected chi connectivity index (χ0v) is 12.0. The summed E-state index contributed by atoms with van der Waals surface area (Å²) in [5.41, 5.74) is 0. The van der Waals surface area contributed by atoms with Crippen LogP contribution >= 0.6 is 34.4 Å².